The molecule has 1 heterocycles. The molecule has 0 spiro atoms. The molecule has 0 aromatic heterocycles. The van der Waals surface area contributed by atoms with Crippen LogP contribution < -0.4 is 10.1 Å². The smallest absolute Gasteiger partial charge is 0.316 e. The summed E-state index contributed by atoms with van der Waals surface area (Å²) in [5.41, 5.74) is -0.594. The molecule has 102 valence electrons. The molecule has 0 saturated carbocycles. The number of amides is 1. The summed E-state index contributed by atoms with van der Waals surface area (Å²) < 4.78 is 53.2. The van der Waals surface area contributed by atoms with E-state index < -0.39 is 53.7 Å². The van der Waals surface area contributed by atoms with Crippen LogP contribution in [0.2, 0.25) is 0 Å². The third kappa shape index (κ3) is 2.23. The Bertz CT molecular complexity index is 612. The van der Waals surface area contributed by atoms with E-state index in [1.807, 2.05) is 0 Å². The van der Waals surface area contributed by atoms with Crippen LogP contribution in [0.5, 0.6) is 5.75 Å². The number of carbonyl (C=O) groups is 2. The van der Waals surface area contributed by atoms with Crippen molar-refractivity contribution in [2.45, 2.75) is 5.92 Å². The van der Waals surface area contributed by atoms with E-state index in [1.165, 1.54) is 0 Å². The number of hydrogen-bond donors (Lipinski definition) is 2. The van der Waals surface area contributed by atoms with Crippen LogP contribution in [0.15, 0.2) is 12.1 Å². The molecule has 1 aromatic rings. The highest BCUT2D eigenvalue weighted by atomic mass is 19.1. The number of aliphatic carboxylic acids is 1. The minimum absolute atomic E-state index is 0.233. The maximum absolute atomic E-state index is 14.1. The van der Waals surface area contributed by atoms with E-state index in [2.05, 4.69) is 10.1 Å². The first-order chi connectivity index (χ1) is 10.1. The number of carbonyl (C=O) groups excluding carboxylic acids is 1. The Morgan fingerprint density at radius 1 is 1.53 bits per heavy atom. The maximum Gasteiger partial charge on any atom is 0.316 e. The quantitative estimate of drug-likeness (QED) is 0.803. The van der Waals surface area contributed by atoms with Gasteiger partial charge in [-0.2, -0.15) is 0 Å². The maximum atomic E-state index is 14.1. The fourth-order valence-corrected chi connectivity index (χ4v) is 2.15. The molecule has 2 rings (SSSR count). The second kappa shape index (κ2) is 4.83. The van der Waals surface area contributed by atoms with Crippen LogP contribution >= 0.6 is 0 Å². The average molecular weight is 274 g/mol. The van der Waals surface area contributed by atoms with Gasteiger partial charge in [-0.1, -0.05) is 0 Å². The number of carboxylic acid groups (broad SMARTS) is 1. The van der Waals surface area contributed by atoms with Crippen LogP contribution in [0.4, 0.5) is 8.78 Å². The number of methoxy groups -OCH3 is 1. The van der Waals surface area contributed by atoms with Crippen molar-refractivity contribution in [1.82, 2.24) is 5.32 Å². The molecule has 2 atom stereocenters. The molecule has 1 aliphatic rings. The second-order valence-electron chi connectivity index (χ2n) is 4.07. The van der Waals surface area contributed by atoms with Crippen LogP contribution in [0.3, 0.4) is 0 Å². The fraction of sp³-hybridized carbons (Fsp3) is 0.333. The van der Waals surface area contributed by atoms with Crippen molar-refractivity contribution in [3.63, 3.8) is 0 Å². The number of benzene rings is 1. The van der Waals surface area contributed by atoms with Crippen LogP contribution in [0.1, 0.15) is 15.6 Å². The Hall–Kier alpha value is -2.18. The largest absolute Gasteiger partial charge is 0.497 e. The third-order valence-electron chi connectivity index (χ3n) is 2.99. The lowest BCUT2D eigenvalue weighted by atomic mass is 9.88. The summed E-state index contributed by atoms with van der Waals surface area (Å²) in [5, 5.41) is 11.2. The Labute approximate surface area is 111 Å². The van der Waals surface area contributed by atoms with Gasteiger partial charge in [0.25, 0.3) is 0 Å². The van der Waals surface area contributed by atoms with E-state index in [0.717, 1.165) is 0 Å². The van der Waals surface area contributed by atoms with Gasteiger partial charge in [-0.3, -0.25) is 9.59 Å². The lowest BCUT2D eigenvalue weighted by Gasteiger charge is -2.16. The molecule has 1 amide bonds. The summed E-state index contributed by atoms with van der Waals surface area (Å²) in [7, 11) is -2.88. The highest BCUT2D eigenvalue weighted by molar-refractivity contribution is 5.99. The highest BCUT2D eigenvalue weighted by Gasteiger charge is 2.43. The molecule has 1 aliphatic heterocycles. The SMILES string of the molecule is [2H]C([2H])([2H])Oc1cc(F)c([C@@H]2CNC(=O)[C@H]2C(=O)O)c(F)c1. The molecule has 19 heavy (non-hydrogen) atoms. The average Bonchev–Trinajstić information content (AvgIpc) is 2.67. The summed E-state index contributed by atoms with van der Waals surface area (Å²) in [6.07, 6.45) is 0. The predicted octanol–water partition coefficient (Wildman–Crippen LogP) is 0.888. The standard InChI is InChI=1S/C12H11F2NO4/c1-19-5-2-7(13)9(8(14)3-5)6-4-15-11(16)10(6)12(17)18/h2-3,6,10H,4H2,1H3,(H,15,16)(H,17,18)/t6-,10-/m0/s1/i1D3. The fourth-order valence-electron chi connectivity index (χ4n) is 2.15. The van der Waals surface area contributed by atoms with E-state index in [9.17, 15) is 18.4 Å². The van der Waals surface area contributed by atoms with E-state index in [1.54, 1.807) is 0 Å². The Morgan fingerprint density at radius 2 is 2.16 bits per heavy atom. The van der Waals surface area contributed by atoms with Gasteiger partial charge < -0.3 is 15.2 Å². The van der Waals surface area contributed by atoms with E-state index in [4.69, 9.17) is 9.22 Å². The Kier molecular flexibility index (Phi) is 2.47. The van der Waals surface area contributed by atoms with Crippen molar-refractivity contribution in [1.29, 1.82) is 0 Å². The van der Waals surface area contributed by atoms with Gasteiger partial charge in [-0.15, -0.1) is 0 Å². The van der Waals surface area contributed by atoms with Gasteiger partial charge in [0.15, 0.2) is 0 Å². The summed E-state index contributed by atoms with van der Waals surface area (Å²) in [5.74, 6) is -8.08. The van der Waals surface area contributed by atoms with Crippen molar-refractivity contribution in [2.75, 3.05) is 13.6 Å². The topological polar surface area (TPSA) is 75.6 Å². The minimum Gasteiger partial charge on any atom is -0.497 e. The highest BCUT2D eigenvalue weighted by Crippen LogP contribution is 2.34. The first-order valence-electron chi connectivity index (χ1n) is 6.78. The molecule has 0 radical (unpaired) electrons. The van der Waals surface area contributed by atoms with Crippen LogP contribution in [-0.2, 0) is 9.59 Å². The zero-order valence-electron chi connectivity index (χ0n) is 12.4. The van der Waals surface area contributed by atoms with Crippen LogP contribution in [0.25, 0.3) is 0 Å². The van der Waals surface area contributed by atoms with E-state index in [-0.39, 0.29) is 6.54 Å². The predicted molar refractivity (Wildman–Crippen MR) is 59.8 cm³/mol. The Balaban J connectivity index is 2.40. The zero-order valence-corrected chi connectivity index (χ0v) is 9.44. The van der Waals surface area contributed by atoms with Gasteiger partial charge in [-0.05, 0) is 0 Å². The van der Waals surface area contributed by atoms with Gasteiger partial charge in [0.2, 0.25) is 5.91 Å². The number of hydrogen-bond acceptors (Lipinski definition) is 3. The number of halogens is 2. The molecule has 7 heteroatoms. The molecule has 1 aromatic carbocycles. The van der Waals surface area contributed by atoms with Gasteiger partial charge in [-0.25, -0.2) is 8.78 Å². The lowest BCUT2D eigenvalue weighted by Crippen LogP contribution is -2.27. The summed E-state index contributed by atoms with van der Waals surface area (Å²) in [4.78, 5) is 22.5. The first-order valence-corrected chi connectivity index (χ1v) is 5.28. The van der Waals surface area contributed by atoms with Crippen molar-refractivity contribution in [3.8, 4) is 5.75 Å². The van der Waals surface area contributed by atoms with Crippen molar-refractivity contribution < 1.29 is 32.3 Å². The normalized spacial score (nSPS) is 25.2. The van der Waals surface area contributed by atoms with Crippen molar-refractivity contribution >= 4 is 11.9 Å². The van der Waals surface area contributed by atoms with Gasteiger partial charge >= 0.3 is 5.97 Å². The minimum atomic E-state index is -2.88. The van der Waals surface area contributed by atoms with Crippen LogP contribution in [0, 0.1) is 17.6 Å². The third-order valence-corrected chi connectivity index (χ3v) is 2.99. The number of ether oxygens (including phenoxy) is 1. The van der Waals surface area contributed by atoms with Crippen molar-refractivity contribution in [3.05, 3.63) is 29.3 Å². The van der Waals surface area contributed by atoms with Gasteiger partial charge in [0, 0.05) is 30.2 Å². The molecule has 5 nitrogen and oxygen atoms in total. The molecule has 1 saturated heterocycles. The molecule has 2 N–H and O–H groups in total. The molecule has 0 aliphatic carbocycles. The second-order valence-corrected chi connectivity index (χ2v) is 4.07. The number of carboxylic acids is 1. The monoisotopic (exact) mass is 274 g/mol. The number of rotatable bonds is 3. The van der Waals surface area contributed by atoms with Crippen LogP contribution in [-0.4, -0.2) is 30.6 Å². The molecular weight excluding hydrogens is 260 g/mol. The Morgan fingerprint density at radius 3 is 2.68 bits per heavy atom. The summed E-state index contributed by atoms with van der Waals surface area (Å²) >= 11 is 0. The van der Waals surface area contributed by atoms with E-state index >= 15 is 0 Å². The zero-order chi connectivity index (χ0) is 16.7. The van der Waals surface area contributed by atoms with Gasteiger partial charge in [0.05, 0.1) is 11.2 Å². The van der Waals surface area contributed by atoms with Crippen molar-refractivity contribution in [2.24, 2.45) is 5.92 Å². The molecule has 1 fully saturated rings. The first kappa shape index (κ1) is 9.71. The summed E-state index contributed by atoms with van der Waals surface area (Å²) in [6.45, 7) is -0.233. The molecule has 0 bridgehead atoms. The number of nitrogens with one attached hydrogen (secondary N) is 1. The summed E-state index contributed by atoms with van der Waals surface area (Å²) in [6, 6.07) is 1.29. The van der Waals surface area contributed by atoms with Gasteiger partial charge in [0.1, 0.15) is 23.3 Å². The molecule has 0 unspecified atom stereocenters. The lowest BCUT2D eigenvalue weighted by molar-refractivity contribution is -0.145. The molecular formula is C12H11F2NO4. The van der Waals surface area contributed by atoms with E-state index in [0.29, 0.717) is 12.1 Å².